The van der Waals surface area contributed by atoms with Crippen molar-refractivity contribution in [3.63, 3.8) is 0 Å². The molecule has 2 aliphatic rings. The average molecular weight is 396 g/mol. The molecule has 3 heterocycles. The maximum absolute atomic E-state index is 11.3. The molecule has 27 heavy (non-hydrogen) atoms. The van der Waals surface area contributed by atoms with Gasteiger partial charge in [-0.05, 0) is 27.2 Å². The molecule has 0 amide bonds. The molecule has 1 saturated carbocycles. The molecular formula is C17H22ClN5O4. The van der Waals surface area contributed by atoms with Crippen molar-refractivity contribution in [2.24, 2.45) is 5.92 Å². The Balaban J connectivity index is 1.77. The van der Waals surface area contributed by atoms with Crippen LogP contribution in [0.15, 0.2) is 6.33 Å². The Hall–Kier alpha value is -1.97. The molecule has 0 radical (unpaired) electrons. The normalized spacial score (nSPS) is 32.0. The number of hydrogen-bond donors (Lipinski definition) is 1. The van der Waals surface area contributed by atoms with E-state index in [0.717, 1.165) is 0 Å². The molecule has 9 nitrogen and oxygen atoms in total. The number of hydrogen-bond acceptors (Lipinski definition) is 8. The van der Waals surface area contributed by atoms with E-state index in [1.54, 1.807) is 6.33 Å². The van der Waals surface area contributed by atoms with Gasteiger partial charge in [0.1, 0.15) is 11.1 Å². The minimum atomic E-state index is -0.755. The van der Waals surface area contributed by atoms with Crippen LogP contribution in [0.2, 0.25) is 5.15 Å². The van der Waals surface area contributed by atoms with Gasteiger partial charge in [0.15, 0.2) is 16.6 Å². The van der Waals surface area contributed by atoms with Crippen LogP contribution in [-0.2, 0) is 19.0 Å². The van der Waals surface area contributed by atoms with Gasteiger partial charge < -0.3 is 24.5 Å². The number of halogens is 1. The molecule has 4 rings (SSSR count). The molecule has 2 aromatic heterocycles. The number of imidazole rings is 1. The predicted octanol–water partition coefficient (Wildman–Crippen LogP) is 2.10. The topological polar surface area (TPSA) is 114 Å². The standard InChI is InChI=1S/C17H22ClN5O4/c1-8(24)25-6-9-5-10(17(4)12(9)26-16(2,3)27-17)23-7-20-11-13(18)21-15(19)22-14(11)23/h7,9-10,12H,5-6H2,1-4H3,(H2,19,21,22)/t9-,10-,12-,17+/m1/s1. The number of ether oxygens (including phenoxy) is 3. The molecular weight excluding hydrogens is 374 g/mol. The monoisotopic (exact) mass is 395 g/mol. The fourth-order valence-corrected chi connectivity index (χ4v) is 4.62. The van der Waals surface area contributed by atoms with E-state index in [-0.39, 0.29) is 41.7 Å². The van der Waals surface area contributed by atoms with Crippen LogP contribution in [-0.4, -0.2) is 49.6 Å². The van der Waals surface area contributed by atoms with Crippen molar-refractivity contribution in [1.29, 1.82) is 0 Å². The SMILES string of the molecule is CC(=O)OC[C@H]1C[C@@H](n2cnc3c(Cl)nc(N)nc32)[C@]2(C)OC(C)(C)O[C@H]12. The zero-order chi connectivity index (χ0) is 19.6. The summed E-state index contributed by atoms with van der Waals surface area (Å²) in [6.07, 6.45) is 2.09. The molecule has 1 aliphatic heterocycles. The van der Waals surface area contributed by atoms with Crippen molar-refractivity contribution < 1.29 is 19.0 Å². The fraction of sp³-hybridized carbons (Fsp3) is 0.647. The number of carbonyl (C=O) groups excluding carboxylic acids is 1. The minimum Gasteiger partial charge on any atom is -0.465 e. The second-order valence-electron chi connectivity index (χ2n) is 7.74. The maximum atomic E-state index is 11.3. The van der Waals surface area contributed by atoms with Gasteiger partial charge in [0.2, 0.25) is 5.95 Å². The number of aromatic nitrogens is 4. The van der Waals surface area contributed by atoms with Crippen molar-refractivity contribution >= 4 is 34.7 Å². The van der Waals surface area contributed by atoms with Gasteiger partial charge in [0.25, 0.3) is 0 Å². The Morgan fingerprint density at radius 1 is 1.44 bits per heavy atom. The smallest absolute Gasteiger partial charge is 0.302 e. The number of nitrogens with two attached hydrogens (primary N) is 1. The number of carbonyl (C=O) groups is 1. The van der Waals surface area contributed by atoms with E-state index in [2.05, 4.69) is 15.0 Å². The Bertz CT molecular complexity index is 916. The molecule has 2 fully saturated rings. The second-order valence-corrected chi connectivity index (χ2v) is 8.09. The molecule has 2 aromatic rings. The van der Waals surface area contributed by atoms with Gasteiger partial charge in [0, 0.05) is 12.8 Å². The van der Waals surface area contributed by atoms with Gasteiger partial charge in [-0.2, -0.15) is 9.97 Å². The summed E-state index contributed by atoms with van der Waals surface area (Å²) >= 11 is 6.17. The third kappa shape index (κ3) is 2.94. The van der Waals surface area contributed by atoms with Crippen LogP contribution in [0.1, 0.15) is 40.2 Å². The molecule has 2 N–H and O–H groups in total. The Kier molecular flexibility index (Phi) is 4.10. The van der Waals surface area contributed by atoms with E-state index >= 15 is 0 Å². The molecule has 4 atom stereocenters. The Morgan fingerprint density at radius 3 is 2.89 bits per heavy atom. The van der Waals surface area contributed by atoms with Gasteiger partial charge in [-0.15, -0.1) is 0 Å². The van der Waals surface area contributed by atoms with Crippen LogP contribution in [0.5, 0.6) is 0 Å². The highest BCUT2D eigenvalue weighted by Gasteiger charge is 2.63. The van der Waals surface area contributed by atoms with E-state index < -0.39 is 11.4 Å². The quantitative estimate of drug-likeness (QED) is 0.620. The van der Waals surface area contributed by atoms with Crippen LogP contribution >= 0.6 is 11.6 Å². The number of anilines is 1. The predicted molar refractivity (Wildman–Crippen MR) is 97.0 cm³/mol. The number of fused-ring (bicyclic) bond motifs is 2. The molecule has 146 valence electrons. The highest BCUT2D eigenvalue weighted by Crippen LogP contribution is 2.54. The first kappa shape index (κ1) is 18.4. The van der Waals surface area contributed by atoms with Gasteiger partial charge in [0.05, 0.1) is 25.1 Å². The van der Waals surface area contributed by atoms with Crippen LogP contribution in [0, 0.1) is 5.92 Å². The van der Waals surface area contributed by atoms with Crippen molar-refractivity contribution in [3.8, 4) is 0 Å². The number of nitrogen functional groups attached to an aromatic ring is 1. The van der Waals surface area contributed by atoms with Crippen LogP contribution < -0.4 is 5.73 Å². The lowest BCUT2D eigenvalue weighted by Crippen LogP contribution is -2.41. The largest absolute Gasteiger partial charge is 0.465 e. The third-order valence-electron chi connectivity index (χ3n) is 5.29. The maximum Gasteiger partial charge on any atom is 0.302 e. The van der Waals surface area contributed by atoms with Gasteiger partial charge >= 0.3 is 5.97 Å². The van der Waals surface area contributed by atoms with Gasteiger partial charge in [-0.3, -0.25) is 4.79 Å². The number of nitrogens with zero attached hydrogens (tertiary/aromatic N) is 4. The summed E-state index contributed by atoms with van der Waals surface area (Å²) in [4.78, 5) is 23.9. The molecule has 0 spiro atoms. The van der Waals surface area contributed by atoms with Crippen LogP contribution in [0.4, 0.5) is 5.95 Å². The zero-order valence-corrected chi connectivity index (χ0v) is 16.4. The van der Waals surface area contributed by atoms with Crippen molar-refractivity contribution in [3.05, 3.63) is 11.5 Å². The average Bonchev–Trinajstić information content (AvgIpc) is 3.13. The molecule has 0 unspecified atom stereocenters. The van der Waals surface area contributed by atoms with E-state index in [4.69, 9.17) is 31.5 Å². The lowest BCUT2D eigenvalue weighted by atomic mass is 9.96. The minimum absolute atomic E-state index is 0.0298. The molecule has 1 aliphatic carbocycles. The molecule has 0 aromatic carbocycles. The molecule has 1 saturated heterocycles. The first-order valence-corrected chi connectivity index (χ1v) is 9.15. The third-order valence-corrected chi connectivity index (χ3v) is 5.55. The Labute approximate surface area is 161 Å². The van der Waals surface area contributed by atoms with E-state index in [1.165, 1.54) is 6.92 Å². The van der Waals surface area contributed by atoms with Crippen molar-refractivity contribution in [1.82, 2.24) is 19.5 Å². The zero-order valence-electron chi connectivity index (χ0n) is 15.6. The van der Waals surface area contributed by atoms with E-state index in [0.29, 0.717) is 17.6 Å². The highest BCUT2D eigenvalue weighted by atomic mass is 35.5. The number of esters is 1. The summed E-state index contributed by atoms with van der Waals surface area (Å²) in [5.74, 6) is -1.03. The van der Waals surface area contributed by atoms with Crippen molar-refractivity contribution in [2.45, 2.75) is 57.6 Å². The number of rotatable bonds is 3. The summed E-state index contributed by atoms with van der Waals surface area (Å²) in [6.45, 7) is 7.41. The summed E-state index contributed by atoms with van der Waals surface area (Å²) in [6, 6.07) is -0.153. The first-order chi connectivity index (χ1) is 12.6. The summed E-state index contributed by atoms with van der Waals surface area (Å²) in [5, 5.41) is 0.205. The van der Waals surface area contributed by atoms with E-state index in [1.807, 2.05) is 25.3 Å². The summed E-state index contributed by atoms with van der Waals surface area (Å²) in [5.41, 5.74) is 6.14. The van der Waals surface area contributed by atoms with Gasteiger partial charge in [-0.1, -0.05) is 11.6 Å². The summed E-state index contributed by atoms with van der Waals surface area (Å²) < 4.78 is 19.7. The lowest BCUT2D eigenvalue weighted by Gasteiger charge is -2.31. The van der Waals surface area contributed by atoms with Crippen molar-refractivity contribution in [2.75, 3.05) is 12.3 Å². The van der Waals surface area contributed by atoms with Crippen LogP contribution in [0.3, 0.4) is 0 Å². The first-order valence-electron chi connectivity index (χ1n) is 8.77. The fourth-order valence-electron chi connectivity index (χ4n) is 4.40. The van der Waals surface area contributed by atoms with Crippen LogP contribution in [0.25, 0.3) is 11.2 Å². The Morgan fingerprint density at radius 2 is 2.19 bits per heavy atom. The lowest BCUT2D eigenvalue weighted by molar-refractivity contribution is -0.176. The second kappa shape index (κ2) is 6.02. The van der Waals surface area contributed by atoms with E-state index in [9.17, 15) is 4.79 Å². The molecule has 0 bridgehead atoms. The summed E-state index contributed by atoms with van der Waals surface area (Å²) in [7, 11) is 0. The highest BCUT2D eigenvalue weighted by molar-refractivity contribution is 6.33. The molecule has 10 heteroatoms. The van der Waals surface area contributed by atoms with Gasteiger partial charge in [-0.25, -0.2) is 4.98 Å².